The molecule has 164 valence electrons. The van der Waals surface area contributed by atoms with E-state index in [9.17, 15) is 4.79 Å². The van der Waals surface area contributed by atoms with Gasteiger partial charge in [0.15, 0.2) is 17.6 Å². The second-order valence-electron chi connectivity index (χ2n) is 6.68. The van der Waals surface area contributed by atoms with Crippen molar-refractivity contribution in [3.63, 3.8) is 0 Å². The second-order valence-corrected chi connectivity index (χ2v) is 6.68. The zero-order valence-corrected chi connectivity index (χ0v) is 18.1. The van der Waals surface area contributed by atoms with Gasteiger partial charge >= 0.3 is 0 Å². The Hall–Kier alpha value is -3.75. The first-order valence-electron chi connectivity index (χ1n) is 9.56. The smallest absolute Gasteiger partial charge is 0.263 e. The Morgan fingerprint density at radius 3 is 2.42 bits per heavy atom. The zero-order valence-electron chi connectivity index (χ0n) is 18.1. The largest absolute Gasteiger partial charge is 0.497 e. The Balaban J connectivity index is 1.68. The highest BCUT2D eigenvalue weighted by molar-refractivity contribution is 5.80. The molecule has 0 aliphatic heterocycles. The SMILES string of the molecule is COc1ccc(-c2noc(CN(C)C(=O)[C@H](C)Oc3ccccc3OC)n2)c(OC)c1. The third-order valence-electron chi connectivity index (χ3n) is 4.59. The standard InChI is InChI=1S/C22H25N3O6/c1-14(30-18-9-7-6-8-17(18)28-4)22(26)25(2)13-20-23-21(24-31-20)16-11-10-15(27-3)12-19(16)29-5/h6-12,14H,13H2,1-5H3/t14-/m0/s1. The topological polar surface area (TPSA) is 96.2 Å². The summed E-state index contributed by atoms with van der Waals surface area (Å²) in [6, 6.07) is 12.4. The number of benzene rings is 2. The van der Waals surface area contributed by atoms with Crippen LogP contribution in [0.4, 0.5) is 0 Å². The predicted octanol–water partition coefficient (Wildman–Crippen LogP) is 3.19. The van der Waals surface area contributed by atoms with Crippen LogP contribution in [0.1, 0.15) is 12.8 Å². The fourth-order valence-electron chi connectivity index (χ4n) is 2.96. The highest BCUT2D eigenvalue weighted by Crippen LogP contribution is 2.31. The molecule has 0 fully saturated rings. The normalized spacial score (nSPS) is 11.5. The van der Waals surface area contributed by atoms with E-state index in [4.69, 9.17) is 23.5 Å². The number of ether oxygens (including phenoxy) is 4. The molecule has 31 heavy (non-hydrogen) atoms. The Kier molecular flexibility index (Phi) is 6.96. The average Bonchev–Trinajstić information content (AvgIpc) is 3.26. The van der Waals surface area contributed by atoms with Crippen molar-refractivity contribution in [2.24, 2.45) is 0 Å². The van der Waals surface area contributed by atoms with Gasteiger partial charge in [-0.25, -0.2) is 0 Å². The third-order valence-corrected chi connectivity index (χ3v) is 4.59. The number of carbonyl (C=O) groups is 1. The molecule has 1 heterocycles. The van der Waals surface area contributed by atoms with E-state index in [0.717, 1.165) is 0 Å². The molecule has 3 rings (SSSR count). The number of hydrogen-bond donors (Lipinski definition) is 0. The molecule has 0 unspecified atom stereocenters. The van der Waals surface area contributed by atoms with Gasteiger partial charge in [0.2, 0.25) is 11.7 Å². The van der Waals surface area contributed by atoms with Crippen LogP contribution in [0.3, 0.4) is 0 Å². The molecule has 3 aromatic rings. The van der Waals surface area contributed by atoms with E-state index in [1.807, 2.05) is 12.1 Å². The van der Waals surface area contributed by atoms with Gasteiger partial charge in [-0.15, -0.1) is 0 Å². The first-order chi connectivity index (χ1) is 15.0. The first kappa shape index (κ1) is 21.9. The zero-order chi connectivity index (χ0) is 22.4. The molecular formula is C22H25N3O6. The number of nitrogens with zero attached hydrogens (tertiary/aromatic N) is 3. The molecule has 0 spiro atoms. The van der Waals surface area contributed by atoms with Gasteiger partial charge in [-0.3, -0.25) is 4.79 Å². The van der Waals surface area contributed by atoms with Gasteiger partial charge in [-0.2, -0.15) is 4.98 Å². The summed E-state index contributed by atoms with van der Waals surface area (Å²) in [6.07, 6.45) is -0.731. The lowest BCUT2D eigenvalue weighted by Crippen LogP contribution is -2.37. The van der Waals surface area contributed by atoms with Crippen molar-refractivity contribution in [3.05, 3.63) is 48.4 Å². The molecule has 0 bridgehead atoms. The van der Waals surface area contributed by atoms with Gasteiger partial charge in [0.25, 0.3) is 5.91 Å². The molecular weight excluding hydrogens is 402 g/mol. The fraction of sp³-hybridized carbons (Fsp3) is 0.318. The number of amides is 1. The fourth-order valence-corrected chi connectivity index (χ4v) is 2.96. The van der Waals surface area contributed by atoms with Crippen LogP contribution in [0.25, 0.3) is 11.4 Å². The number of aromatic nitrogens is 2. The number of para-hydroxylation sites is 2. The summed E-state index contributed by atoms with van der Waals surface area (Å²) in [5.74, 6) is 2.65. The van der Waals surface area contributed by atoms with Crippen LogP contribution in [0.5, 0.6) is 23.0 Å². The molecule has 9 heteroatoms. The summed E-state index contributed by atoms with van der Waals surface area (Å²) < 4.78 is 26.9. The van der Waals surface area contributed by atoms with E-state index in [0.29, 0.717) is 34.4 Å². The summed E-state index contributed by atoms with van der Waals surface area (Å²) in [4.78, 5) is 18.6. The molecule has 1 atom stereocenters. The van der Waals surface area contributed by atoms with Crippen molar-refractivity contribution in [1.82, 2.24) is 15.0 Å². The second kappa shape index (κ2) is 9.84. The van der Waals surface area contributed by atoms with Gasteiger partial charge in [0.05, 0.1) is 33.4 Å². The molecule has 0 saturated heterocycles. The average molecular weight is 427 g/mol. The lowest BCUT2D eigenvalue weighted by atomic mass is 10.2. The molecule has 0 N–H and O–H groups in total. The van der Waals surface area contributed by atoms with Crippen molar-refractivity contribution >= 4 is 5.91 Å². The van der Waals surface area contributed by atoms with E-state index >= 15 is 0 Å². The van der Waals surface area contributed by atoms with E-state index < -0.39 is 6.10 Å². The van der Waals surface area contributed by atoms with E-state index in [-0.39, 0.29) is 18.3 Å². The lowest BCUT2D eigenvalue weighted by Gasteiger charge is -2.21. The van der Waals surface area contributed by atoms with Gasteiger partial charge in [0.1, 0.15) is 11.5 Å². The summed E-state index contributed by atoms with van der Waals surface area (Å²) in [6.45, 7) is 1.80. The van der Waals surface area contributed by atoms with Crippen molar-refractivity contribution < 1.29 is 28.3 Å². The maximum absolute atomic E-state index is 12.7. The van der Waals surface area contributed by atoms with Gasteiger partial charge < -0.3 is 28.4 Å². The van der Waals surface area contributed by atoms with Crippen LogP contribution in [0, 0.1) is 0 Å². The number of methoxy groups -OCH3 is 3. The molecule has 0 aliphatic rings. The highest BCUT2D eigenvalue weighted by Gasteiger charge is 2.23. The predicted molar refractivity (Wildman–Crippen MR) is 112 cm³/mol. The van der Waals surface area contributed by atoms with Crippen LogP contribution in [0.15, 0.2) is 47.0 Å². The Morgan fingerprint density at radius 1 is 1.03 bits per heavy atom. The van der Waals surface area contributed by atoms with Crippen molar-refractivity contribution in [2.45, 2.75) is 19.6 Å². The summed E-state index contributed by atoms with van der Waals surface area (Å²) >= 11 is 0. The number of rotatable bonds is 9. The van der Waals surface area contributed by atoms with Gasteiger partial charge in [0, 0.05) is 13.1 Å². The van der Waals surface area contributed by atoms with Crippen molar-refractivity contribution in [1.29, 1.82) is 0 Å². The maximum atomic E-state index is 12.7. The minimum atomic E-state index is -0.731. The van der Waals surface area contributed by atoms with Gasteiger partial charge in [-0.1, -0.05) is 17.3 Å². The number of hydrogen-bond acceptors (Lipinski definition) is 8. The van der Waals surface area contributed by atoms with Gasteiger partial charge in [-0.05, 0) is 31.2 Å². The minimum absolute atomic E-state index is 0.129. The Labute approximate surface area is 180 Å². The van der Waals surface area contributed by atoms with Crippen LogP contribution < -0.4 is 18.9 Å². The Bertz CT molecular complexity index is 1040. The van der Waals surface area contributed by atoms with E-state index in [2.05, 4.69) is 10.1 Å². The quantitative estimate of drug-likeness (QED) is 0.514. The van der Waals surface area contributed by atoms with Crippen molar-refractivity contribution in [2.75, 3.05) is 28.4 Å². The number of likely N-dealkylation sites (N-methyl/N-ethyl adjacent to an activating group) is 1. The molecule has 1 aromatic heterocycles. The van der Waals surface area contributed by atoms with E-state index in [1.54, 1.807) is 65.6 Å². The minimum Gasteiger partial charge on any atom is -0.497 e. The van der Waals surface area contributed by atoms with Crippen LogP contribution in [-0.4, -0.2) is 55.4 Å². The third kappa shape index (κ3) is 5.06. The molecule has 0 aliphatic carbocycles. The van der Waals surface area contributed by atoms with E-state index in [1.165, 1.54) is 4.90 Å². The molecule has 1 amide bonds. The van der Waals surface area contributed by atoms with Crippen molar-refractivity contribution in [3.8, 4) is 34.4 Å². The number of carbonyl (C=O) groups excluding carboxylic acids is 1. The van der Waals surface area contributed by atoms with Crippen LogP contribution >= 0.6 is 0 Å². The molecule has 0 radical (unpaired) electrons. The molecule has 0 saturated carbocycles. The summed E-state index contributed by atoms with van der Waals surface area (Å²) in [7, 11) is 6.31. The lowest BCUT2D eigenvalue weighted by molar-refractivity contribution is -0.137. The Morgan fingerprint density at radius 2 is 1.74 bits per heavy atom. The summed E-state index contributed by atoms with van der Waals surface area (Å²) in [5.41, 5.74) is 0.653. The monoisotopic (exact) mass is 427 g/mol. The molecule has 2 aromatic carbocycles. The molecule has 9 nitrogen and oxygen atoms in total. The summed E-state index contributed by atoms with van der Waals surface area (Å²) in [5, 5.41) is 4.01. The highest BCUT2D eigenvalue weighted by atomic mass is 16.5. The first-order valence-corrected chi connectivity index (χ1v) is 9.56. The van der Waals surface area contributed by atoms with Crippen LogP contribution in [0.2, 0.25) is 0 Å². The maximum Gasteiger partial charge on any atom is 0.263 e. The van der Waals surface area contributed by atoms with Crippen LogP contribution in [-0.2, 0) is 11.3 Å².